The van der Waals surface area contributed by atoms with Crippen LogP contribution in [0.1, 0.15) is 24.5 Å². The standard InChI is InChI=1S/C12H12ClN3O2S2/c13-9-5-8(14)3-4-11(9)20(17,18)16-12-15-10(6-19-12)7-1-2-7/h3-7H,1-2,14H2,(H,15,16). The fourth-order valence-corrected chi connectivity index (χ4v) is 4.40. The zero-order valence-electron chi connectivity index (χ0n) is 10.3. The van der Waals surface area contributed by atoms with Gasteiger partial charge >= 0.3 is 0 Å². The summed E-state index contributed by atoms with van der Waals surface area (Å²) in [5.74, 6) is 0.490. The molecule has 3 rings (SSSR count). The molecule has 0 saturated heterocycles. The molecule has 2 aromatic rings. The number of benzene rings is 1. The van der Waals surface area contributed by atoms with Crippen molar-refractivity contribution in [2.45, 2.75) is 23.7 Å². The first-order valence-corrected chi connectivity index (χ1v) is 8.73. The minimum Gasteiger partial charge on any atom is -0.399 e. The molecule has 0 aliphatic heterocycles. The Morgan fingerprint density at radius 3 is 2.80 bits per heavy atom. The van der Waals surface area contributed by atoms with Gasteiger partial charge in [0.25, 0.3) is 10.0 Å². The third kappa shape index (κ3) is 2.74. The maximum Gasteiger partial charge on any atom is 0.265 e. The normalized spacial score (nSPS) is 15.2. The van der Waals surface area contributed by atoms with Crippen molar-refractivity contribution in [2.75, 3.05) is 10.5 Å². The molecule has 20 heavy (non-hydrogen) atoms. The Labute approximate surface area is 125 Å². The average Bonchev–Trinajstić information content (AvgIpc) is 3.10. The summed E-state index contributed by atoms with van der Waals surface area (Å²) in [7, 11) is -3.74. The molecule has 106 valence electrons. The SMILES string of the molecule is Nc1ccc(S(=O)(=O)Nc2nc(C3CC3)cs2)c(Cl)c1. The lowest BCUT2D eigenvalue weighted by molar-refractivity contribution is 0.601. The van der Waals surface area contributed by atoms with Crippen molar-refractivity contribution in [3.8, 4) is 0 Å². The minimum atomic E-state index is -3.74. The summed E-state index contributed by atoms with van der Waals surface area (Å²) >= 11 is 7.21. The van der Waals surface area contributed by atoms with Gasteiger partial charge in [-0.25, -0.2) is 13.4 Å². The largest absolute Gasteiger partial charge is 0.399 e. The first-order chi connectivity index (χ1) is 9.45. The van der Waals surface area contributed by atoms with E-state index in [2.05, 4.69) is 9.71 Å². The number of thiazole rings is 1. The molecule has 0 unspecified atom stereocenters. The quantitative estimate of drug-likeness (QED) is 0.844. The number of hydrogen-bond acceptors (Lipinski definition) is 5. The molecule has 0 radical (unpaired) electrons. The molecule has 3 N–H and O–H groups in total. The van der Waals surface area contributed by atoms with Gasteiger partial charge in [0.05, 0.1) is 10.7 Å². The van der Waals surface area contributed by atoms with Crippen molar-refractivity contribution < 1.29 is 8.42 Å². The van der Waals surface area contributed by atoms with Gasteiger partial charge in [0.1, 0.15) is 4.90 Å². The van der Waals surface area contributed by atoms with Gasteiger partial charge in [-0.2, -0.15) is 0 Å². The third-order valence-electron chi connectivity index (χ3n) is 2.98. The van der Waals surface area contributed by atoms with Crippen LogP contribution in [0.2, 0.25) is 5.02 Å². The van der Waals surface area contributed by atoms with E-state index >= 15 is 0 Å². The van der Waals surface area contributed by atoms with E-state index in [0.29, 0.717) is 16.7 Å². The maximum atomic E-state index is 12.3. The molecular formula is C12H12ClN3O2S2. The second-order valence-corrected chi connectivity index (χ2v) is 7.56. The Hall–Kier alpha value is -1.31. The Bertz CT molecular complexity index is 754. The number of sulfonamides is 1. The summed E-state index contributed by atoms with van der Waals surface area (Å²) in [6, 6.07) is 4.29. The van der Waals surface area contributed by atoms with Gasteiger partial charge in [0.15, 0.2) is 5.13 Å². The molecule has 0 spiro atoms. The molecule has 0 bridgehead atoms. The fourth-order valence-electron chi connectivity index (χ4n) is 1.80. The Morgan fingerprint density at radius 2 is 2.15 bits per heavy atom. The molecule has 0 atom stereocenters. The van der Waals surface area contributed by atoms with Gasteiger partial charge in [-0.3, -0.25) is 4.72 Å². The molecule has 1 fully saturated rings. The second kappa shape index (κ2) is 4.91. The van der Waals surface area contributed by atoms with E-state index in [1.165, 1.54) is 29.5 Å². The smallest absolute Gasteiger partial charge is 0.265 e. The zero-order chi connectivity index (χ0) is 14.3. The number of anilines is 2. The molecular weight excluding hydrogens is 318 g/mol. The highest BCUT2D eigenvalue weighted by atomic mass is 35.5. The monoisotopic (exact) mass is 329 g/mol. The molecule has 1 aliphatic rings. The van der Waals surface area contributed by atoms with Crippen LogP contribution in [0, 0.1) is 0 Å². The van der Waals surface area contributed by atoms with Crippen LogP contribution in [0.15, 0.2) is 28.5 Å². The fraction of sp³-hybridized carbons (Fsp3) is 0.250. The lowest BCUT2D eigenvalue weighted by atomic mass is 10.3. The molecule has 1 saturated carbocycles. The van der Waals surface area contributed by atoms with Gasteiger partial charge in [-0.15, -0.1) is 11.3 Å². The summed E-state index contributed by atoms with van der Waals surface area (Å²) in [5, 5.41) is 2.34. The zero-order valence-corrected chi connectivity index (χ0v) is 12.7. The van der Waals surface area contributed by atoms with Gasteiger partial charge in [-0.1, -0.05) is 11.6 Å². The minimum absolute atomic E-state index is 0.00320. The third-order valence-corrected chi connectivity index (χ3v) is 5.71. The van der Waals surface area contributed by atoms with E-state index in [1.54, 1.807) is 0 Å². The molecule has 0 amide bonds. The Kier molecular flexibility index (Phi) is 3.35. The van der Waals surface area contributed by atoms with Crippen molar-refractivity contribution in [3.63, 3.8) is 0 Å². The number of halogens is 1. The van der Waals surface area contributed by atoms with E-state index in [4.69, 9.17) is 17.3 Å². The molecule has 1 aromatic heterocycles. The lowest BCUT2D eigenvalue weighted by Crippen LogP contribution is -2.13. The van der Waals surface area contributed by atoms with Gasteiger partial charge in [-0.05, 0) is 31.0 Å². The second-order valence-electron chi connectivity index (χ2n) is 4.65. The van der Waals surface area contributed by atoms with Gasteiger partial charge in [0.2, 0.25) is 0 Å². The molecule has 1 aromatic carbocycles. The number of hydrogen-bond donors (Lipinski definition) is 2. The summed E-state index contributed by atoms with van der Waals surface area (Å²) in [6.07, 6.45) is 2.25. The molecule has 8 heteroatoms. The van der Waals surface area contributed by atoms with Crippen LogP contribution in [0.3, 0.4) is 0 Å². The highest BCUT2D eigenvalue weighted by Gasteiger charge is 2.27. The van der Waals surface area contributed by atoms with E-state index in [1.807, 2.05) is 5.38 Å². The van der Waals surface area contributed by atoms with Crippen LogP contribution in [-0.4, -0.2) is 13.4 Å². The number of nitrogen functional groups attached to an aromatic ring is 1. The predicted octanol–water partition coefficient (Wildman–Crippen LogP) is 3.06. The molecule has 1 heterocycles. The van der Waals surface area contributed by atoms with Crippen LogP contribution < -0.4 is 10.5 Å². The van der Waals surface area contributed by atoms with Crippen LogP contribution in [0.4, 0.5) is 10.8 Å². The van der Waals surface area contributed by atoms with Crippen molar-refractivity contribution in [3.05, 3.63) is 34.3 Å². The summed E-state index contributed by atoms with van der Waals surface area (Å²) < 4.78 is 27.0. The summed E-state index contributed by atoms with van der Waals surface area (Å²) in [5.41, 5.74) is 6.93. The van der Waals surface area contributed by atoms with Crippen LogP contribution in [0.5, 0.6) is 0 Å². The highest BCUT2D eigenvalue weighted by Crippen LogP contribution is 2.41. The average molecular weight is 330 g/mol. The molecule has 1 aliphatic carbocycles. The first kappa shape index (κ1) is 13.7. The summed E-state index contributed by atoms with van der Waals surface area (Å²) in [6.45, 7) is 0. The van der Waals surface area contributed by atoms with Crippen LogP contribution in [-0.2, 0) is 10.0 Å². The van der Waals surface area contributed by atoms with Crippen LogP contribution >= 0.6 is 22.9 Å². The topological polar surface area (TPSA) is 85.1 Å². The van der Waals surface area contributed by atoms with Crippen molar-refractivity contribution in [1.29, 1.82) is 0 Å². The number of nitrogens with one attached hydrogen (secondary N) is 1. The first-order valence-electron chi connectivity index (χ1n) is 5.99. The van der Waals surface area contributed by atoms with Crippen molar-refractivity contribution >= 4 is 43.8 Å². The maximum absolute atomic E-state index is 12.3. The van der Waals surface area contributed by atoms with Crippen LogP contribution in [0.25, 0.3) is 0 Å². The summed E-state index contributed by atoms with van der Waals surface area (Å²) in [4.78, 5) is 4.29. The lowest BCUT2D eigenvalue weighted by Gasteiger charge is -2.07. The Balaban J connectivity index is 1.87. The van der Waals surface area contributed by atoms with E-state index in [0.717, 1.165) is 18.5 Å². The predicted molar refractivity (Wildman–Crippen MR) is 80.8 cm³/mol. The highest BCUT2D eigenvalue weighted by molar-refractivity contribution is 7.93. The van der Waals surface area contributed by atoms with Crippen molar-refractivity contribution in [1.82, 2.24) is 4.98 Å². The van der Waals surface area contributed by atoms with Crippen molar-refractivity contribution in [2.24, 2.45) is 0 Å². The number of nitrogens with two attached hydrogens (primary N) is 1. The van der Waals surface area contributed by atoms with E-state index in [9.17, 15) is 8.42 Å². The van der Waals surface area contributed by atoms with E-state index < -0.39 is 10.0 Å². The number of nitrogens with zero attached hydrogens (tertiary/aromatic N) is 1. The van der Waals surface area contributed by atoms with Gasteiger partial charge < -0.3 is 5.73 Å². The Morgan fingerprint density at radius 1 is 1.40 bits per heavy atom. The number of rotatable bonds is 4. The van der Waals surface area contributed by atoms with Gasteiger partial charge in [0, 0.05) is 17.0 Å². The number of aromatic nitrogens is 1. The van der Waals surface area contributed by atoms with E-state index in [-0.39, 0.29) is 9.92 Å². The molecule has 5 nitrogen and oxygen atoms in total.